The molecule has 3 N–H and O–H groups in total. The molecule has 9 nitrogen and oxygen atoms in total. The van der Waals surface area contributed by atoms with Crippen LogP contribution in [0.15, 0.2) is 66.7 Å². The van der Waals surface area contributed by atoms with Gasteiger partial charge in [0.15, 0.2) is 5.72 Å². The molecule has 1 aromatic heterocycles. The van der Waals surface area contributed by atoms with Crippen molar-refractivity contribution in [3.05, 3.63) is 83.4 Å². The fourth-order valence-corrected chi connectivity index (χ4v) is 4.14. The number of rotatable bonds is 4. The van der Waals surface area contributed by atoms with E-state index in [9.17, 15) is 19.8 Å². The third kappa shape index (κ3) is 3.01. The normalized spacial score (nSPS) is 17.3. The van der Waals surface area contributed by atoms with Gasteiger partial charge in [-0.15, -0.1) is 0 Å². The second kappa shape index (κ2) is 7.35. The number of carbonyl (C=O) groups excluding carboxylic acids is 1. The van der Waals surface area contributed by atoms with E-state index >= 15 is 0 Å². The van der Waals surface area contributed by atoms with E-state index in [0.717, 1.165) is 4.90 Å². The Morgan fingerprint density at radius 3 is 2.55 bits per heavy atom. The first-order chi connectivity index (χ1) is 15.8. The van der Waals surface area contributed by atoms with E-state index in [1.807, 2.05) is 0 Å². The number of fused-ring (bicyclic) bond motifs is 2. The Hall–Kier alpha value is -4.37. The van der Waals surface area contributed by atoms with Gasteiger partial charge in [-0.1, -0.05) is 24.3 Å². The molecule has 0 fully saturated rings. The molecule has 1 aliphatic heterocycles. The van der Waals surface area contributed by atoms with E-state index in [1.165, 1.54) is 11.9 Å². The first kappa shape index (κ1) is 20.5. The molecule has 4 aromatic rings. The minimum absolute atomic E-state index is 0.150. The molecule has 1 unspecified atom stereocenters. The van der Waals surface area contributed by atoms with E-state index < -0.39 is 11.8 Å². The van der Waals surface area contributed by atoms with E-state index in [4.69, 9.17) is 4.74 Å². The van der Waals surface area contributed by atoms with Crippen LogP contribution in [0.1, 0.15) is 21.5 Å². The molecule has 33 heavy (non-hydrogen) atoms. The third-order valence-corrected chi connectivity index (χ3v) is 5.87. The topological polar surface area (TPSA) is 119 Å². The fraction of sp³-hybridized carbons (Fsp3) is 0.125. The van der Waals surface area contributed by atoms with Gasteiger partial charge in [0, 0.05) is 29.4 Å². The van der Waals surface area contributed by atoms with Gasteiger partial charge >= 0.3 is 6.09 Å². The molecule has 1 atom stereocenters. The molecule has 3 aromatic carbocycles. The number of aliphatic hydroxyl groups is 1. The number of carbonyl (C=O) groups is 2. The van der Waals surface area contributed by atoms with Crippen molar-refractivity contribution in [2.45, 2.75) is 5.72 Å². The van der Waals surface area contributed by atoms with Gasteiger partial charge in [-0.2, -0.15) is 0 Å². The van der Waals surface area contributed by atoms with Crippen molar-refractivity contribution < 1.29 is 24.5 Å². The van der Waals surface area contributed by atoms with Gasteiger partial charge in [0.1, 0.15) is 5.75 Å². The Bertz CT molecular complexity index is 1400. The largest absolute Gasteiger partial charge is 0.497 e. The molecule has 0 saturated heterocycles. The molecule has 0 aliphatic carbocycles. The number of nitrogens with zero attached hydrogens (tertiary/aromatic N) is 3. The number of nitrogens with one attached hydrogen (secondary N) is 1. The fourth-order valence-electron chi connectivity index (χ4n) is 4.14. The van der Waals surface area contributed by atoms with Crippen molar-refractivity contribution in [3.63, 3.8) is 0 Å². The number of benzene rings is 3. The number of ether oxygens (including phenoxy) is 1. The van der Waals surface area contributed by atoms with Crippen molar-refractivity contribution >= 4 is 34.7 Å². The number of methoxy groups -OCH3 is 1. The summed E-state index contributed by atoms with van der Waals surface area (Å²) < 4.78 is 5.22. The van der Waals surface area contributed by atoms with Crippen LogP contribution in [0, 0.1) is 0 Å². The van der Waals surface area contributed by atoms with Gasteiger partial charge in [-0.25, -0.2) is 9.78 Å². The van der Waals surface area contributed by atoms with Crippen LogP contribution in [0.3, 0.4) is 0 Å². The minimum Gasteiger partial charge on any atom is -0.497 e. The van der Waals surface area contributed by atoms with Crippen LogP contribution >= 0.6 is 0 Å². The standard InChI is InChI=1S/C24H20N4O5/c1-27(23(30)31)22-25-19-12-7-14(13-20(19)26-22)24(32)18-6-4-3-5-17(18)21(29)28(24)15-8-10-16(33-2)11-9-15/h3-13,32H,1-2H3,(H,25,26)(H,30,31). The van der Waals surface area contributed by atoms with Crippen LogP contribution in [-0.2, 0) is 5.72 Å². The number of H-pyrrole nitrogens is 1. The number of amides is 2. The molecular weight excluding hydrogens is 424 g/mol. The van der Waals surface area contributed by atoms with Gasteiger partial charge in [-0.3, -0.25) is 14.6 Å². The van der Waals surface area contributed by atoms with Crippen LogP contribution in [0.25, 0.3) is 11.0 Å². The Morgan fingerprint density at radius 1 is 1.12 bits per heavy atom. The van der Waals surface area contributed by atoms with Crippen LogP contribution < -0.4 is 14.5 Å². The van der Waals surface area contributed by atoms with Crippen molar-refractivity contribution in [1.29, 1.82) is 0 Å². The molecule has 0 radical (unpaired) electrons. The molecule has 166 valence electrons. The van der Waals surface area contributed by atoms with Crippen molar-refractivity contribution in [2.24, 2.45) is 0 Å². The van der Waals surface area contributed by atoms with Crippen molar-refractivity contribution in [2.75, 3.05) is 24.0 Å². The Labute approximate surface area is 188 Å². The molecule has 0 spiro atoms. The van der Waals surface area contributed by atoms with Crippen LogP contribution in [-0.4, -0.2) is 46.3 Å². The third-order valence-electron chi connectivity index (χ3n) is 5.87. The van der Waals surface area contributed by atoms with E-state index in [0.29, 0.717) is 39.2 Å². The summed E-state index contributed by atoms with van der Waals surface area (Å²) >= 11 is 0. The molecule has 0 bridgehead atoms. The van der Waals surface area contributed by atoms with E-state index in [-0.39, 0.29) is 11.9 Å². The first-order valence-electron chi connectivity index (χ1n) is 10.1. The number of hydrogen-bond acceptors (Lipinski definition) is 5. The lowest BCUT2D eigenvalue weighted by Gasteiger charge is -2.35. The van der Waals surface area contributed by atoms with Gasteiger partial charge in [0.25, 0.3) is 5.91 Å². The summed E-state index contributed by atoms with van der Waals surface area (Å²) in [6.07, 6.45) is -1.16. The van der Waals surface area contributed by atoms with E-state index in [2.05, 4.69) is 9.97 Å². The van der Waals surface area contributed by atoms with Gasteiger partial charge < -0.3 is 19.9 Å². The zero-order valence-corrected chi connectivity index (χ0v) is 17.8. The second-order valence-corrected chi connectivity index (χ2v) is 7.69. The Kier molecular flexibility index (Phi) is 4.57. The minimum atomic E-state index is -1.79. The lowest BCUT2D eigenvalue weighted by Crippen LogP contribution is -2.45. The summed E-state index contributed by atoms with van der Waals surface area (Å²) in [7, 11) is 2.93. The molecule has 1 aliphatic rings. The summed E-state index contributed by atoms with van der Waals surface area (Å²) in [5, 5.41) is 21.4. The van der Waals surface area contributed by atoms with Gasteiger partial charge in [0.05, 0.1) is 18.1 Å². The van der Waals surface area contributed by atoms with Crippen LogP contribution in [0.4, 0.5) is 16.4 Å². The average Bonchev–Trinajstić information content (AvgIpc) is 3.36. The Balaban J connectivity index is 1.69. The van der Waals surface area contributed by atoms with Crippen LogP contribution in [0.5, 0.6) is 5.75 Å². The van der Waals surface area contributed by atoms with Crippen molar-refractivity contribution in [3.8, 4) is 5.75 Å². The quantitative estimate of drug-likeness (QED) is 0.443. The SMILES string of the molecule is COc1ccc(N2C(=O)c3ccccc3C2(O)c2ccc3nc(N(C)C(=O)O)[nH]c3c2)cc1. The lowest BCUT2D eigenvalue weighted by atomic mass is 9.93. The summed E-state index contributed by atoms with van der Waals surface area (Å²) in [6, 6.07) is 18.8. The number of carboxylic acid groups (broad SMARTS) is 1. The lowest BCUT2D eigenvalue weighted by molar-refractivity contribution is 0.0704. The monoisotopic (exact) mass is 444 g/mol. The highest BCUT2D eigenvalue weighted by molar-refractivity contribution is 6.12. The second-order valence-electron chi connectivity index (χ2n) is 7.69. The summed E-state index contributed by atoms with van der Waals surface area (Å²) in [6.45, 7) is 0. The van der Waals surface area contributed by atoms with E-state index in [1.54, 1.807) is 73.8 Å². The highest BCUT2D eigenvalue weighted by atomic mass is 16.5. The predicted octanol–water partition coefficient (Wildman–Crippen LogP) is 3.54. The van der Waals surface area contributed by atoms with Gasteiger partial charge in [-0.05, 0) is 42.5 Å². The number of anilines is 2. The number of aromatic nitrogens is 2. The zero-order valence-electron chi connectivity index (χ0n) is 17.8. The number of hydrogen-bond donors (Lipinski definition) is 3. The maximum absolute atomic E-state index is 13.4. The highest BCUT2D eigenvalue weighted by Crippen LogP contribution is 2.45. The Morgan fingerprint density at radius 2 is 1.85 bits per heavy atom. The highest BCUT2D eigenvalue weighted by Gasteiger charge is 2.50. The molecule has 0 saturated carbocycles. The first-order valence-corrected chi connectivity index (χ1v) is 10.1. The number of aromatic amines is 1. The maximum Gasteiger partial charge on any atom is 0.413 e. The average molecular weight is 444 g/mol. The number of imidazole rings is 1. The maximum atomic E-state index is 13.4. The summed E-state index contributed by atoms with van der Waals surface area (Å²) in [5.74, 6) is 0.436. The smallest absolute Gasteiger partial charge is 0.413 e. The van der Waals surface area contributed by atoms with Crippen LogP contribution in [0.2, 0.25) is 0 Å². The van der Waals surface area contributed by atoms with Gasteiger partial charge in [0.2, 0.25) is 5.95 Å². The molecular formula is C24H20N4O5. The molecule has 2 amide bonds. The summed E-state index contributed by atoms with van der Waals surface area (Å²) in [4.78, 5) is 34.3. The zero-order chi connectivity index (χ0) is 23.3. The molecule has 2 heterocycles. The van der Waals surface area contributed by atoms with Crippen molar-refractivity contribution in [1.82, 2.24) is 9.97 Å². The summed E-state index contributed by atoms with van der Waals surface area (Å²) in [5.41, 5.74) is 1.03. The molecule has 9 heteroatoms. The predicted molar refractivity (Wildman–Crippen MR) is 122 cm³/mol. The molecule has 5 rings (SSSR count).